The number of aliphatic hydroxyl groups excluding tert-OH is 1. The number of piperidine rings is 1. The molecule has 0 aliphatic carbocycles. The molecule has 1 aromatic carbocycles. The summed E-state index contributed by atoms with van der Waals surface area (Å²) in [6.45, 7) is 5.02. The first-order valence-electron chi connectivity index (χ1n) is 8.47. The summed E-state index contributed by atoms with van der Waals surface area (Å²) in [4.78, 5) is 2.30. The Hall–Kier alpha value is -1.56. The molecular weight excluding hydrogens is 326 g/mol. The van der Waals surface area contributed by atoms with Gasteiger partial charge in [-0.1, -0.05) is 24.1 Å². The molecule has 0 bridgehead atoms. The van der Waals surface area contributed by atoms with E-state index in [0.29, 0.717) is 17.4 Å². The van der Waals surface area contributed by atoms with E-state index in [4.69, 9.17) is 16.3 Å². The number of aromatic nitrogens is 2. The number of β-amino-alcohol motifs (C(OH)–C–C–N with tert-alkyl or cyclic N) is 1. The van der Waals surface area contributed by atoms with Crippen LogP contribution in [0.15, 0.2) is 30.5 Å². The minimum atomic E-state index is -0.498. The predicted molar refractivity (Wildman–Crippen MR) is 95.1 cm³/mol. The normalized spacial score (nSPS) is 17.0. The molecule has 24 heavy (non-hydrogen) atoms. The van der Waals surface area contributed by atoms with Gasteiger partial charge in [-0.05, 0) is 50.6 Å². The largest absolute Gasteiger partial charge is 0.474 e. The first-order valence-corrected chi connectivity index (χ1v) is 8.85. The van der Waals surface area contributed by atoms with Crippen molar-refractivity contribution in [3.8, 4) is 11.6 Å². The fraction of sp³-hybridized carbons (Fsp3) is 0.500. The minimum Gasteiger partial charge on any atom is -0.474 e. The van der Waals surface area contributed by atoms with Crippen LogP contribution in [-0.2, 0) is 0 Å². The number of aliphatic hydroxyl groups is 1. The predicted octanol–water partition coefficient (Wildman–Crippen LogP) is 3.06. The van der Waals surface area contributed by atoms with Gasteiger partial charge in [-0.2, -0.15) is 0 Å². The van der Waals surface area contributed by atoms with Crippen LogP contribution < -0.4 is 4.74 Å². The maximum Gasteiger partial charge on any atom is 0.233 e. The molecule has 1 unspecified atom stereocenters. The molecule has 1 saturated heterocycles. The summed E-state index contributed by atoms with van der Waals surface area (Å²) in [6.07, 6.45) is 5.06. The number of nitrogens with zero attached hydrogens (tertiary/aromatic N) is 3. The lowest BCUT2D eigenvalue weighted by molar-refractivity contribution is 0.0601. The molecule has 1 aliphatic rings. The molecule has 1 aromatic heterocycles. The number of rotatable bonds is 6. The van der Waals surface area contributed by atoms with Crippen LogP contribution in [-0.4, -0.2) is 52.1 Å². The second-order valence-corrected chi connectivity index (χ2v) is 6.77. The molecule has 0 radical (unpaired) electrons. The third-order valence-electron chi connectivity index (χ3n) is 4.33. The van der Waals surface area contributed by atoms with E-state index in [-0.39, 0.29) is 6.61 Å². The summed E-state index contributed by atoms with van der Waals surface area (Å²) < 4.78 is 7.34. The molecule has 0 saturated carbocycles. The van der Waals surface area contributed by atoms with Crippen LogP contribution in [0, 0.1) is 6.92 Å². The fourth-order valence-corrected chi connectivity index (χ4v) is 3.10. The van der Waals surface area contributed by atoms with E-state index < -0.39 is 6.10 Å². The average Bonchev–Trinajstić information content (AvgIpc) is 3.05. The molecule has 5 nitrogen and oxygen atoms in total. The van der Waals surface area contributed by atoms with Crippen LogP contribution in [0.5, 0.6) is 5.88 Å². The molecule has 3 rings (SSSR count). The second-order valence-electron chi connectivity index (χ2n) is 6.36. The van der Waals surface area contributed by atoms with Crippen molar-refractivity contribution in [1.29, 1.82) is 0 Å². The van der Waals surface area contributed by atoms with E-state index in [2.05, 4.69) is 10.00 Å². The van der Waals surface area contributed by atoms with Crippen LogP contribution in [0.4, 0.5) is 0 Å². The lowest BCUT2D eigenvalue weighted by Gasteiger charge is -2.28. The molecule has 0 amide bonds. The van der Waals surface area contributed by atoms with Crippen LogP contribution in [0.1, 0.15) is 24.8 Å². The maximum atomic E-state index is 10.1. The van der Waals surface area contributed by atoms with Gasteiger partial charge >= 0.3 is 0 Å². The Balaban J connectivity index is 1.52. The molecule has 1 aliphatic heterocycles. The highest BCUT2D eigenvalue weighted by Gasteiger charge is 2.15. The molecule has 1 N–H and O–H groups in total. The van der Waals surface area contributed by atoms with E-state index in [1.54, 1.807) is 10.7 Å². The van der Waals surface area contributed by atoms with Crippen molar-refractivity contribution in [3.05, 3.63) is 41.0 Å². The SMILES string of the molecule is Cc1ccc(-n2ccc(OCC(O)CN3CCCCC3)n2)cc1Cl. The lowest BCUT2D eigenvalue weighted by atomic mass is 10.1. The van der Waals surface area contributed by atoms with Gasteiger partial charge in [0.2, 0.25) is 5.88 Å². The van der Waals surface area contributed by atoms with Crippen molar-refractivity contribution in [3.63, 3.8) is 0 Å². The summed E-state index contributed by atoms with van der Waals surface area (Å²) in [5.41, 5.74) is 1.92. The van der Waals surface area contributed by atoms with Crippen molar-refractivity contribution in [2.75, 3.05) is 26.2 Å². The maximum absolute atomic E-state index is 10.1. The number of halogens is 1. The van der Waals surface area contributed by atoms with Crippen LogP contribution in [0.2, 0.25) is 5.02 Å². The number of benzene rings is 1. The standard InChI is InChI=1S/C18H24ClN3O2/c1-14-5-6-15(11-17(14)19)22-10-7-18(20-22)24-13-16(23)12-21-8-3-2-4-9-21/h5-7,10-11,16,23H,2-4,8-9,12-13H2,1H3. The Morgan fingerprint density at radius 1 is 1.25 bits per heavy atom. The van der Waals surface area contributed by atoms with Gasteiger partial charge in [0.05, 0.1) is 5.69 Å². The molecule has 0 spiro atoms. The highest BCUT2D eigenvalue weighted by atomic mass is 35.5. The molecule has 2 heterocycles. The van der Waals surface area contributed by atoms with E-state index in [0.717, 1.165) is 24.3 Å². The Kier molecular flexibility index (Phi) is 5.76. The molecule has 1 fully saturated rings. The Bertz CT molecular complexity index is 668. The van der Waals surface area contributed by atoms with Gasteiger partial charge < -0.3 is 14.7 Å². The van der Waals surface area contributed by atoms with E-state index in [1.807, 2.05) is 31.3 Å². The van der Waals surface area contributed by atoms with Crippen LogP contribution in [0.3, 0.4) is 0 Å². The zero-order valence-corrected chi connectivity index (χ0v) is 14.7. The highest BCUT2D eigenvalue weighted by molar-refractivity contribution is 6.31. The van der Waals surface area contributed by atoms with Crippen molar-refractivity contribution in [1.82, 2.24) is 14.7 Å². The van der Waals surface area contributed by atoms with Crippen molar-refractivity contribution < 1.29 is 9.84 Å². The van der Waals surface area contributed by atoms with Gasteiger partial charge in [0.25, 0.3) is 0 Å². The van der Waals surface area contributed by atoms with Gasteiger partial charge in [0, 0.05) is 23.8 Å². The van der Waals surface area contributed by atoms with Gasteiger partial charge in [-0.15, -0.1) is 5.10 Å². The Morgan fingerprint density at radius 2 is 2.04 bits per heavy atom. The average molecular weight is 350 g/mol. The van der Waals surface area contributed by atoms with Gasteiger partial charge in [-0.3, -0.25) is 0 Å². The minimum absolute atomic E-state index is 0.252. The first kappa shape index (κ1) is 17.3. The van der Waals surface area contributed by atoms with Crippen molar-refractivity contribution in [2.24, 2.45) is 0 Å². The second kappa shape index (κ2) is 8.01. The molecular formula is C18H24ClN3O2. The molecule has 1 atom stereocenters. The number of ether oxygens (including phenoxy) is 1. The zero-order chi connectivity index (χ0) is 16.9. The summed E-state index contributed by atoms with van der Waals surface area (Å²) in [5, 5.41) is 15.2. The van der Waals surface area contributed by atoms with Gasteiger partial charge in [-0.25, -0.2) is 4.68 Å². The van der Waals surface area contributed by atoms with Crippen LogP contribution in [0.25, 0.3) is 5.69 Å². The van der Waals surface area contributed by atoms with Crippen LogP contribution >= 0.6 is 11.6 Å². The lowest BCUT2D eigenvalue weighted by Crippen LogP contribution is -2.38. The fourth-order valence-electron chi connectivity index (χ4n) is 2.93. The monoisotopic (exact) mass is 349 g/mol. The Labute approximate surface area is 147 Å². The number of aryl methyl sites for hydroxylation is 1. The topological polar surface area (TPSA) is 50.5 Å². The third kappa shape index (κ3) is 4.50. The summed E-state index contributed by atoms with van der Waals surface area (Å²) >= 11 is 6.16. The smallest absolute Gasteiger partial charge is 0.233 e. The summed E-state index contributed by atoms with van der Waals surface area (Å²) in [7, 11) is 0. The quantitative estimate of drug-likeness (QED) is 0.870. The Morgan fingerprint density at radius 3 is 2.79 bits per heavy atom. The first-order chi connectivity index (χ1) is 11.6. The summed E-state index contributed by atoms with van der Waals surface area (Å²) in [6, 6.07) is 7.59. The number of hydrogen-bond donors (Lipinski definition) is 1. The highest BCUT2D eigenvalue weighted by Crippen LogP contribution is 2.20. The number of hydrogen-bond acceptors (Lipinski definition) is 4. The van der Waals surface area contributed by atoms with E-state index in [9.17, 15) is 5.11 Å². The molecule has 130 valence electrons. The van der Waals surface area contributed by atoms with E-state index >= 15 is 0 Å². The molecule has 6 heteroatoms. The zero-order valence-electron chi connectivity index (χ0n) is 14.0. The van der Waals surface area contributed by atoms with Crippen molar-refractivity contribution in [2.45, 2.75) is 32.3 Å². The van der Waals surface area contributed by atoms with Gasteiger partial charge in [0.15, 0.2) is 0 Å². The summed E-state index contributed by atoms with van der Waals surface area (Å²) in [5.74, 6) is 0.504. The third-order valence-corrected chi connectivity index (χ3v) is 4.73. The molecule has 2 aromatic rings. The number of likely N-dealkylation sites (tertiary alicyclic amines) is 1. The van der Waals surface area contributed by atoms with Crippen molar-refractivity contribution >= 4 is 11.6 Å². The van der Waals surface area contributed by atoms with Gasteiger partial charge in [0.1, 0.15) is 12.7 Å². The van der Waals surface area contributed by atoms with E-state index in [1.165, 1.54) is 19.3 Å².